The van der Waals surface area contributed by atoms with E-state index in [1.807, 2.05) is 0 Å². The zero-order chi connectivity index (χ0) is 22.7. The summed E-state index contributed by atoms with van der Waals surface area (Å²) in [6, 6.07) is 10.9. The fraction of sp³-hybridized carbons (Fsp3) is 0.286. The van der Waals surface area contributed by atoms with E-state index in [9.17, 15) is 14.9 Å². The van der Waals surface area contributed by atoms with Gasteiger partial charge in [-0.25, -0.2) is 4.68 Å². The number of hydrogen-bond donors (Lipinski definition) is 1. The van der Waals surface area contributed by atoms with E-state index in [0.29, 0.717) is 34.4 Å². The molecule has 1 atom stereocenters. The standard InChI is InChI=1S/C21H20ClN5O5/c1-13-20(24-25-26(13)15-4-2-5-16(11-15)27(29)30)21(28)23-18-10-14(22)7-8-19(18)32-12-17-6-3-9-31-17/h2,4-5,7-8,10-11,17H,3,6,9,12H2,1H3,(H,23,28). The van der Waals surface area contributed by atoms with Crippen LogP contribution in [0.3, 0.4) is 0 Å². The minimum absolute atomic E-state index is 0.0197. The van der Waals surface area contributed by atoms with Crippen molar-refractivity contribution in [2.24, 2.45) is 0 Å². The van der Waals surface area contributed by atoms with Gasteiger partial charge < -0.3 is 14.8 Å². The Kier molecular flexibility index (Phi) is 6.33. The first kappa shape index (κ1) is 21.7. The van der Waals surface area contributed by atoms with E-state index in [1.165, 1.54) is 22.9 Å². The van der Waals surface area contributed by atoms with Gasteiger partial charge in [0.2, 0.25) is 0 Å². The normalized spacial score (nSPS) is 15.5. The average Bonchev–Trinajstić information content (AvgIpc) is 3.43. The van der Waals surface area contributed by atoms with Crippen LogP contribution in [0.4, 0.5) is 11.4 Å². The molecule has 0 aliphatic carbocycles. The van der Waals surface area contributed by atoms with Crippen molar-refractivity contribution in [2.45, 2.75) is 25.9 Å². The molecule has 1 N–H and O–H groups in total. The number of rotatable bonds is 7. The molecule has 0 saturated carbocycles. The third kappa shape index (κ3) is 4.71. The van der Waals surface area contributed by atoms with Crippen LogP contribution in [-0.4, -0.2) is 45.1 Å². The molecule has 1 aliphatic rings. The summed E-state index contributed by atoms with van der Waals surface area (Å²) in [6.45, 7) is 2.74. The molecule has 166 valence electrons. The molecule has 0 radical (unpaired) electrons. The van der Waals surface area contributed by atoms with Crippen molar-refractivity contribution in [1.82, 2.24) is 15.0 Å². The van der Waals surface area contributed by atoms with Crippen LogP contribution < -0.4 is 10.1 Å². The molecule has 3 aromatic rings. The first-order valence-electron chi connectivity index (χ1n) is 9.95. The summed E-state index contributed by atoms with van der Waals surface area (Å²) in [5, 5.41) is 22.2. The number of halogens is 1. The summed E-state index contributed by atoms with van der Waals surface area (Å²) in [5.41, 5.74) is 1.22. The van der Waals surface area contributed by atoms with E-state index < -0.39 is 10.8 Å². The molecule has 32 heavy (non-hydrogen) atoms. The van der Waals surface area contributed by atoms with E-state index in [4.69, 9.17) is 21.1 Å². The Bertz CT molecular complexity index is 1160. The van der Waals surface area contributed by atoms with Gasteiger partial charge >= 0.3 is 0 Å². The molecule has 4 rings (SSSR count). The van der Waals surface area contributed by atoms with Crippen molar-refractivity contribution < 1.29 is 19.2 Å². The van der Waals surface area contributed by atoms with Gasteiger partial charge in [-0.3, -0.25) is 14.9 Å². The van der Waals surface area contributed by atoms with Crippen molar-refractivity contribution >= 4 is 28.9 Å². The number of nitro groups is 1. The number of aromatic nitrogens is 3. The van der Waals surface area contributed by atoms with E-state index in [1.54, 1.807) is 31.2 Å². The molecule has 2 heterocycles. The van der Waals surface area contributed by atoms with Gasteiger partial charge in [-0.2, -0.15) is 0 Å². The number of benzene rings is 2. The number of nitrogens with zero attached hydrogens (tertiary/aromatic N) is 4. The maximum Gasteiger partial charge on any atom is 0.278 e. The molecular formula is C21H20ClN5O5. The molecular weight excluding hydrogens is 438 g/mol. The van der Waals surface area contributed by atoms with Crippen LogP contribution in [0.5, 0.6) is 5.75 Å². The smallest absolute Gasteiger partial charge is 0.278 e. The highest BCUT2D eigenvalue weighted by Gasteiger charge is 2.21. The van der Waals surface area contributed by atoms with Crippen molar-refractivity contribution in [3.8, 4) is 11.4 Å². The second-order valence-electron chi connectivity index (χ2n) is 7.25. The van der Waals surface area contributed by atoms with E-state index in [0.717, 1.165) is 19.4 Å². The Hall–Kier alpha value is -3.50. The molecule has 1 aromatic heterocycles. The number of anilines is 1. The van der Waals surface area contributed by atoms with Crippen LogP contribution in [0, 0.1) is 17.0 Å². The van der Waals surface area contributed by atoms with Crippen LogP contribution in [0.25, 0.3) is 5.69 Å². The quantitative estimate of drug-likeness (QED) is 0.421. The Labute approximate surface area is 188 Å². The molecule has 0 bridgehead atoms. The number of ether oxygens (including phenoxy) is 2. The zero-order valence-electron chi connectivity index (χ0n) is 17.2. The summed E-state index contributed by atoms with van der Waals surface area (Å²) in [5.74, 6) is -0.0506. The summed E-state index contributed by atoms with van der Waals surface area (Å²) in [4.78, 5) is 23.5. The topological polar surface area (TPSA) is 121 Å². The summed E-state index contributed by atoms with van der Waals surface area (Å²) < 4.78 is 12.8. The van der Waals surface area contributed by atoms with Crippen molar-refractivity contribution in [2.75, 3.05) is 18.5 Å². The first-order chi connectivity index (χ1) is 15.4. The van der Waals surface area contributed by atoms with Crippen LogP contribution >= 0.6 is 11.6 Å². The van der Waals surface area contributed by atoms with Gasteiger partial charge in [0.1, 0.15) is 12.4 Å². The second-order valence-corrected chi connectivity index (χ2v) is 7.69. The minimum atomic E-state index is -0.511. The number of nitrogens with one attached hydrogen (secondary N) is 1. The monoisotopic (exact) mass is 457 g/mol. The Morgan fingerprint density at radius 3 is 2.97 bits per heavy atom. The van der Waals surface area contributed by atoms with Gasteiger partial charge in [0.05, 0.1) is 28.1 Å². The lowest BCUT2D eigenvalue weighted by Crippen LogP contribution is -2.18. The molecule has 1 amide bonds. The van der Waals surface area contributed by atoms with Gasteiger partial charge in [-0.1, -0.05) is 22.9 Å². The number of carbonyl (C=O) groups excluding carboxylic acids is 1. The lowest BCUT2D eigenvalue weighted by molar-refractivity contribution is -0.384. The van der Waals surface area contributed by atoms with Crippen molar-refractivity contribution in [3.05, 3.63) is 69.0 Å². The van der Waals surface area contributed by atoms with E-state index in [2.05, 4.69) is 15.6 Å². The number of non-ortho nitro benzene ring substituents is 1. The maximum atomic E-state index is 12.9. The molecule has 10 nitrogen and oxygen atoms in total. The highest BCUT2D eigenvalue weighted by molar-refractivity contribution is 6.31. The Morgan fingerprint density at radius 2 is 2.22 bits per heavy atom. The summed E-state index contributed by atoms with van der Waals surface area (Å²) >= 11 is 6.11. The zero-order valence-corrected chi connectivity index (χ0v) is 17.9. The molecule has 11 heteroatoms. The van der Waals surface area contributed by atoms with Crippen LogP contribution in [0.2, 0.25) is 5.02 Å². The van der Waals surface area contributed by atoms with E-state index in [-0.39, 0.29) is 17.5 Å². The predicted octanol–water partition coefficient (Wildman–Crippen LogP) is 3.95. The third-order valence-electron chi connectivity index (χ3n) is 5.03. The third-order valence-corrected chi connectivity index (χ3v) is 5.27. The fourth-order valence-electron chi connectivity index (χ4n) is 3.39. The lowest BCUT2D eigenvalue weighted by Gasteiger charge is -2.15. The number of hydrogen-bond acceptors (Lipinski definition) is 7. The second kappa shape index (κ2) is 9.33. The number of carbonyl (C=O) groups is 1. The highest BCUT2D eigenvalue weighted by atomic mass is 35.5. The van der Waals surface area contributed by atoms with Crippen LogP contribution in [0.1, 0.15) is 29.0 Å². The van der Waals surface area contributed by atoms with Gasteiger partial charge in [0.25, 0.3) is 11.6 Å². The maximum absolute atomic E-state index is 12.9. The molecule has 1 fully saturated rings. The summed E-state index contributed by atoms with van der Waals surface area (Å²) in [6.07, 6.45) is 1.94. The average molecular weight is 458 g/mol. The van der Waals surface area contributed by atoms with Gasteiger partial charge in [-0.15, -0.1) is 5.10 Å². The lowest BCUT2D eigenvalue weighted by atomic mass is 10.2. The van der Waals surface area contributed by atoms with Crippen molar-refractivity contribution in [1.29, 1.82) is 0 Å². The minimum Gasteiger partial charge on any atom is -0.489 e. The molecule has 1 unspecified atom stereocenters. The van der Waals surface area contributed by atoms with Gasteiger partial charge in [0.15, 0.2) is 5.69 Å². The SMILES string of the molecule is Cc1c(C(=O)Nc2cc(Cl)ccc2OCC2CCCO2)nnn1-c1cccc([N+](=O)[O-])c1. The summed E-state index contributed by atoms with van der Waals surface area (Å²) in [7, 11) is 0. The Balaban J connectivity index is 1.54. The van der Waals surface area contributed by atoms with Gasteiger partial charge in [-0.05, 0) is 44.0 Å². The highest BCUT2D eigenvalue weighted by Crippen LogP contribution is 2.29. The molecule has 1 aliphatic heterocycles. The largest absolute Gasteiger partial charge is 0.489 e. The first-order valence-corrected chi connectivity index (χ1v) is 10.3. The fourth-order valence-corrected chi connectivity index (χ4v) is 3.56. The molecule has 0 spiro atoms. The Morgan fingerprint density at radius 1 is 1.38 bits per heavy atom. The number of amides is 1. The molecule has 1 saturated heterocycles. The van der Waals surface area contributed by atoms with Crippen molar-refractivity contribution in [3.63, 3.8) is 0 Å². The van der Waals surface area contributed by atoms with Gasteiger partial charge in [0, 0.05) is 23.8 Å². The number of nitro benzene ring substituents is 1. The predicted molar refractivity (Wildman–Crippen MR) is 117 cm³/mol. The van der Waals surface area contributed by atoms with E-state index >= 15 is 0 Å². The van der Waals surface area contributed by atoms with Crippen LogP contribution in [-0.2, 0) is 4.74 Å². The molecule has 2 aromatic carbocycles. The van der Waals surface area contributed by atoms with Crippen LogP contribution in [0.15, 0.2) is 42.5 Å².